The smallest absolute Gasteiger partial charge is 0.258 e. The van der Waals surface area contributed by atoms with Crippen molar-refractivity contribution in [1.82, 2.24) is 15.1 Å². The third kappa shape index (κ3) is 5.53. The first-order valence-electron chi connectivity index (χ1n) is 9.10. The normalized spacial score (nSPS) is 10.9. The summed E-state index contributed by atoms with van der Waals surface area (Å²) >= 11 is 5.83. The lowest BCUT2D eigenvalue weighted by Crippen LogP contribution is -2.13. The number of hydrogen-bond acceptors (Lipinski definition) is 6. The predicted octanol–water partition coefficient (Wildman–Crippen LogP) is 4.74. The molecule has 0 saturated heterocycles. The number of rotatable bonds is 8. The van der Waals surface area contributed by atoms with Gasteiger partial charge in [-0.2, -0.15) is 4.98 Å². The van der Waals surface area contributed by atoms with Crippen molar-refractivity contribution >= 4 is 29.0 Å². The van der Waals surface area contributed by atoms with Gasteiger partial charge in [0.05, 0.1) is 0 Å². The second-order valence-corrected chi connectivity index (χ2v) is 7.06. The molecule has 0 aliphatic heterocycles. The summed E-state index contributed by atoms with van der Waals surface area (Å²) in [6.07, 6.45) is 2.75. The van der Waals surface area contributed by atoms with Crippen molar-refractivity contribution in [3.8, 4) is 11.5 Å². The molecule has 1 amide bonds. The van der Waals surface area contributed by atoms with E-state index in [1.807, 2.05) is 26.0 Å². The summed E-state index contributed by atoms with van der Waals surface area (Å²) in [6, 6.07) is 10.7. The number of hydrogen-bond donors (Lipinski definition) is 2. The van der Waals surface area contributed by atoms with Crippen molar-refractivity contribution in [3.05, 3.63) is 53.4 Å². The molecule has 28 heavy (non-hydrogen) atoms. The second-order valence-electron chi connectivity index (χ2n) is 6.63. The van der Waals surface area contributed by atoms with Gasteiger partial charge in [-0.1, -0.05) is 30.6 Å². The Kier molecular flexibility index (Phi) is 6.60. The highest BCUT2D eigenvalue weighted by molar-refractivity contribution is 6.30. The summed E-state index contributed by atoms with van der Waals surface area (Å²) < 4.78 is 5.31. The van der Waals surface area contributed by atoms with E-state index < -0.39 is 0 Å². The number of nitrogens with zero attached hydrogens (tertiary/aromatic N) is 3. The van der Waals surface area contributed by atoms with Gasteiger partial charge in [0.1, 0.15) is 5.82 Å². The van der Waals surface area contributed by atoms with E-state index in [4.69, 9.17) is 16.1 Å². The van der Waals surface area contributed by atoms with Crippen LogP contribution in [0.3, 0.4) is 0 Å². The fourth-order valence-electron chi connectivity index (χ4n) is 2.47. The summed E-state index contributed by atoms with van der Waals surface area (Å²) in [4.78, 5) is 20.7. The molecule has 8 heteroatoms. The van der Waals surface area contributed by atoms with E-state index in [0.29, 0.717) is 41.9 Å². The highest BCUT2D eigenvalue weighted by Gasteiger charge is 2.12. The summed E-state index contributed by atoms with van der Waals surface area (Å²) in [6.45, 7) is 4.64. The average molecular weight is 400 g/mol. The molecular weight excluding hydrogens is 378 g/mol. The number of aromatic nitrogens is 3. The van der Waals surface area contributed by atoms with Crippen molar-refractivity contribution in [2.24, 2.45) is 0 Å². The Morgan fingerprint density at radius 3 is 2.71 bits per heavy atom. The Labute approximate surface area is 168 Å². The van der Waals surface area contributed by atoms with Gasteiger partial charge in [-0.05, 0) is 42.8 Å². The molecule has 2 N–H and O–H groups in total. The fraction of sp³-hybridized carbons (Fsp3) is 0.300. The molecule has 3 rings (SSSR count). The zero-order valence-corrected chi connectivity index (χ0v) is 16.5. The maximum absolute atomic E-state index is 12.0. The van der Waals surface area contributed by atoms with E-state index in [-0.39, 0.29) is 11.8 Å². The van der Waals surface area contributed by atoms with Crippen molar-refractivity contribution in [1.29, 1.82) is 0 Å². The van der Waals surface area contributed by atoms with E-state index in [1.165, 1.54) is 0 Å². The Morgan fingerprint density at radius 1 is 1.21 bits per heavy atom. The minimum atomic E-state index is -0.0436. The van der Waals surface area contributed by atoms with Gasteiger partial charge in [0.25, 0.3) is 5.89 Å². The molecule has 0 atom stereocenters. The largest absolute Gasteiger partial charge is 0.370 e. The molecule has 0 aliphatic carbocycles. The molecule has 7 nitrogen and oxygen atoms in total. The zero-order chi connectivity index (χ0) is 19.9. The number of amides is 1. The quantitative estimate of drug-likeness (QED) is 0.531. The van der Waals surface area contributed by atoms with Crippen molar-refractivity contribution < 1.29 is 9.32 Å². The molecule has 0 spiro atoms. The Hall–Kier alpha value is -2.93. The van der Waals surface area contributed by atoms with Gasteiger partial charge < -0.3 is 15.2 Å². The van der Waals surface area contributed by atoms with E-state index in [0.717, 1.165) is 11.3 Å². The standard InChI is InChI=1S/C20H22ClN5O2/c1-13(2)19-25-20(28-26-19)14-9-11-23-17(12-14)22-10-3-4-18(27)24-16-7-5-15(21)6-8-16/h5-9,11-13H,3-4,10H2,1-2H3,(H,22,23)(H,24,27). The molecule has 0 fully saturated rings. The second kappa shape index (κ2) is 9.32. The van der Waals surface area contributed by atoms with Crippen molar-refractivity contribution in [2.45, 2.75) is 32.6 Å². The summed E-state index contributed by atoms with van der Waals surface area (Å²) in [7, 11) is 0. The molecule has 2 aromatic heterocycles. The van der Waals surface area contributed by atoms with Crippen LogP contribution in [0.15, 0.2) is 47.1 Å². The van der Waals surface area contributed by atoms with E-state index in [1.54, 1.807) is 30.5 Å². The highest BCUT2D eigenvalue weighted by Crippen LogP contribution is 2.21. The molecule has 2 heterocycles. The molecule has 0 radical (unpaired) electrons. The molecule has 0 bridgehead atoms. The van der Waals surface area contributed by atoms with Gasteiger partial charge >= 0.3 is 0 Å². The number of nitrogens with one attached hydrogen (secondary N) is 2. The Bertz CT molecular complexity index is 924. The van der Waals surface area contributed by atoms with Gasteiger partial charge in [-0.15, -0.1) is 0 Å². The van der Waals surface area contributed by atoms with Crippen LogP contribution < -0.4 is 10.6 Å². The lowest BCUT2D eigenvalue weighted by atomic mass is 10.2. The van der Waals surface area contributed by atoms with Crippen molar-refractivity contribution in [2.75, 3.05) is 17.2 Å². The molecule has 1 aromatic carbocycles. The molecule has 146 valence electrons. The van der Waals surface area contributed by atoms with Gasteiger partial charge in [-0.25, -0.2) is 4.98 Å². The first-order chi connectivity index (χ1) is 13.5. The van der Waals surface area contributed by atoms with Gasteiger partial charge in [0.15, 0.2) is 5.82 Å². The molecule has 0 saturated carbocycles. The Morgan fingerprint density at radius 2 is 2.00 bits per heavy atom. The van der Waals surface area contributed by atoms with Crippen LogP contribution in [0.5, 0.6) is 0 Å². The van der Waals surface area contributed by atoms with E-state index in [9.17, 15) is 4.79 Å². The number of pyridine rings is 1. The van der Waals surface area contributed by atoms with E-state index in [2.05, 4.69) is 25.8 Å². The lowest BCUT2D eigenvalue weighted by Gasteiger charge is -2.07. The van der Waals surface area contributed by atoms with Crippen molar-refractivity contribution in [3.63, 3.8) is 0 Å². The van der Waals surface area contributed by atoms with Crippen LogP contribution in [-0.2, 0) is 4.79 Å². The maximum atomic E-state index is 12.0. The van der Waals surface area contributed by atoms with Gasteiger partial charge in [0.2, 0.25) is 5.91 Å². The van der Waals surface area contributed by atoms with Crippen LogP contribution in [0.1, 0.15) is 38.4 Å². The third-order valence-electron chi connectivity index (χ3n) is 3.98. The first kappa shape index (κ1) is 19.8. The minimum Gasteiger partial charge on any atom is -0.370 e. The average Bonchev–Trinajstić information content (AvgIpc) is 3.18. The van der Waals surface area contributed by atoms with Gasteiger partial charge in [-0.3, -0.25) is 4.79 Å². The predicted molar refractivity (Wildman–Crippen MR) is 109 cm³/mol. The number of benzene rings is 1. The van der Waals surface area contributed by atoms with Gasteiger partial charge in [0, 0.05) is 41.4 Å². The minimum absolute atomic E-state index is 0.0436. The summed E-state index contributed by atoms with van der Waals surface area (Å²) in [5, 5.41) is 10.7. The van der Waals surface area contributed by atoms with Crippen LogP contribution in [-0.4, -0.2) is 27.6 Å². The summed E-state index contributed by atoms with van der Waals surface area (Å²) in [5.41, 5.74) is 1.54. The monoisotopic (exact) mass is 399 g/mol. The molecule has 3 aromatic rings. The third-order valence-corrected chi connectivity index (χ3v) is 4.23. The van der Waals surface area contributed by atoms with Crippen LogP contribution in [0, 0.1) is 0 Å². The first-order valence-corrected chi connectivity index (χ1v) is 9.48. The van der Waals surface area contributed by atoms with Crippen LogP contribution >= 0.6 is 11.6 Å². The Balaban J connectivity index is 1.47. The number of carbonyl (C=O) groups excluding carboxylic acids is 1. The lowest BCUT2D eigenvalue weighted by molar-refractivity contribution is -0.116. The topological polar surface area (TPSA) is 92.9 Å². The zero-order valence-electron chi connectivity index (χ0n) is 15.8. The van der Waals surface area contributed by atoms with Crippen LogP contribution in [0.25, 0.3) is 11.5 Å². The summed E-state index contributed by atoms with van der Waals surface area (Å²) in [5.74, 6) is 2.00. The molecule has 0 aliphatic rings. The highest BCUT2D eigenvalue weighted by atomic mass is 35.5. The van der Waals surface area contributed by atoms with Crippen LogP contribution in [0.4, 0.5) is 11.5 Å². The SMILES string of the molecule is CC(C)c1noc(-c2ccnc(NCCCC(=O)Nc3ccc(Cl)cc3)c2)n1. The fourth-order valence-corrected chi connectivity index (χ4v) is 2.59. The number of anilines is 2. The maximum Gasteiger partial charge on any atom is 0.258 e. The number of carbonyl (C=O) groups is 1. The number of halogens is 1. The van der Waals surface area contributed by atoms with E-state index >= 15 is 0 Å². The molecule has 0 unspecified atom stereocenters. The molecular formula is C20H22ClN5O2. The van der Waals surface area contributed by atoms with Crippen LogP contribution in [0.2, 0.25) is 5.02 Å².